The molecule has 0 saturated carbocycles. The summed E-state index contributed by atoms with van der Waals surface area (Å²) in [5, 5.41) is 6.09. The summed E-state index contributed by atoms with van der Waals surface area (Å²) in [4.78, 5) is 42.2. The molecule has 0 bridgehead atoms. The first-order valence-corrected chi connectivity index (χ1v) is 14.6. The summed E-state index contributed by atoms with van der Waals surface area (Å²) >= 11 is 6.46. The number of unbranched alkanes of at least 4 members (excludes halogenated alkanes) is 4. The van der Waals surface area contributed by atoms with Crippen molar-refractivity contribution in [3.8, 4) is 0 Å². The Kier molecular flexibility index (Phi) is 12.5. The lowest BCUT2D eigenvalue weighted by Gasteiger charge is -2.34. The number of hydrogen-bond acceptors (Lipinski definition) is 4. The second-order valence-corrected chi connectivity index (χ2v) is 11.9. The van der Waals surface area contributed by atoms with E-state index in [1.165, 1.54) is 0 Å². The molecule has 0 aliphatic carbocycles. The molecule has 7 nitrogen and oxygen atoms in total. The Labute approximate surface area is 245 Å². The SMILES string of the molecule is CCCCCCCN(C(=O)C(C)NC(=O)OC(C)(C)C)C(C(=O)Nc1c(C)cccc1Cl)c1cc(C)ccc1C. The fourth-order valence-electron chi connectivity index (χ4n) is 4.53. The van der Waals surface area contributed by atoms with E-state index in [-0.39, 0.29) is 11.8 Å². The molecule has 0 aromatic heterocycles. The first kappa shape index (κ1) is 33.1. The van der Waals surface area contributed by atoms with Gasteiger partial charge in [0.25, 0.3) is 5.91 Å². The first-order chi connectivity index (χ1) is 18.7. The molecule has 2 unspecified atom stereocenters. The fourth-order valence-corrected chi connectivity index (χ4v) is 4.80. The molecule has 3 amide bonds. The molecular weight excluding hydrogens is 526 g/mol. The molecule has 2 atom stereocenters. The van der Waals surface area contributed by atoms with Crippen molar-refractivity contribution in [2.75, 3.05) is 11.9 Å². The van der Waals surface area contributed by atoms with Gasteiger partial charge in [-0.05, 0) is 77.6 Å². The molecule has 2 rings (SSSR count). The van der Waals surface area contributed by atoms with Crippen molar-refractivity contribution in [2.45, 2.75) is 105 Å². The van der Waals surface area contributed by atoms with Crippen LogP contribution >= 0.6 is 11.6 Å². The van der Waals surface area contributed by atoms with Crippen molar-refractivity contribution in [3.05, 3.63) is 63.7 Å². The van der Waals surface area contributed by atoms with E-state index >= 15 is 0 Å². The van der Waals surface area contributed by atoms with Crippen molar-refractivity contribution >= 4 is 35.2 Å². The minimum Gasteiger partial charge on any atom is -0.444 e. The molecule has 0 saturated heterocycles. The van der Waals surface area contributed by atoms with Crippen molar-refractivity contribution in [1.29, 1.82) is 0 Å². The zero-order chi connectivity index (χ0) is 30.0. The zero-order valence-electron chi connectivity index (χ0n) is 25.3. The maximum atomic E-state index is 14.1. The second-order valence-electron chi connectivity index (χ2n) is 11.5. The predicted molar refractivity (Wildman–Crippen MR) is 163 cm³/mol. The van der Waals surface area contributed by atoms with Crippen LogP contribution in [0.2, 0.25) is 5.02 Å². The molecule has 0 heterocycles. The number of benzene rings is 2. The van der Waals surface area contributed by atoms with E-state index in [0.717, 1.165) is 54.4 Å². The molecule has 0 radical (unpaired) electrons. The summed E-state index contributed by atoms with van der Waals surface area (Å²) in [7, 11) is 0. The Bertz CT molecular complexity index is 1150. The van der Waals surface area contributed by atoms with Crippen molar-refractivity contribution in [2.24, 2.45) is 0 Å². The van der Waals surface area contributed by atoms with Crippen LogP contribution < -0.4 is 10.6 Å². The standard InChI is InChI=1S/C32H46ClN3O4/c1-9-10-11-12-13-19-36(30(38)24(5)34-31(39)40-32(6,7)8)28(25-20-21(2)17-18-22(25)3)29(37)35-27-23(4)15-14-16-26(27)33/h14-18,20,24,28H,9-13,19H2,1-8H3,(H,34,39)(H,35,37). The van der Waals surface area contributed by atoms with Gasteiger partial charge in [0.05, 0.1) is 10.7 Å². The minimum atomic E-state index is -0.933. The van der Waals surface area contributed by atoms with Crippen LogP contribution in [0.5, 0.6) is 0 Å². The van der Waals surface area contributed by atoms with Gasteiger partial charge in [-0.2, -0.15) is 0 Å². The molecule has 0 aliphatic rings. The summed E-state index contributed by atoms with van der Waals surface area (Å²) in [5.41, 5.74) is 3.21. The lowest BCUT2D eigenvalue weighted by Crippen LogP contribution is -2.51. The van der Waals surface area contributed by atoms with Gasteiger partial charge in [-0.15, -0.1) is 0 Å². The molecule has 0 spiro atoms. The Morgan fingerprint density at radius 3 is 2.27 bits per heavy atom. The lowest BCUT2D eigenvalue weighted by molar-refractivity contribution is -0.140. The van der Waals surface area contributed by atoms with Gasteiger partial charge >= 0.3 is 6.09 Å². The van der Waals surface area contributed by atoms with E-state index in [1.54, 1.807) is 38.7 Å². The first-order valence-electron chi connectivity index (χ1n) is 14.2. The van der Waals surface area contributed by atoms with Crippen LogP contribution in [0, 0.1) is 20.8 Å². The van der Waals surface area contributed by atoms with Crippen LogP contribution in [-0.4, -0.2) is 41.0 Å². The number of halogens is 1. The predicted octanol–water partition coefficient (Wildman–Crippen LogP) is 7.66. The third-order valence-electron chi connectivity index (χ3n) is 6.65. The van der Waals surface area contributed by atoms with Gasteiger partial charge < -0.3 is 20.3 Å². The van der Waals surface area contributed by atoms with Crippen LogP contribution in [0.15, 0.2) is 36.4 Å². The summed E-state index contributed by atoms with van der Waals surface area (Å²) in [5.74, 6) is -0.727. The molecule has 220 valence electrons. The van der Waals surface area contributed by atoms with Crippen LogP contribution in [0.4, 0.5) is 10.5 Å². The maximum absolute atomic E-state index is 14.1. The molecule has 8 heteroatoms. The number of para-hydroxylation sites is 1. The van der Waals surface area contributed by atoms with Gasteiger partial charge in [0.2, 0.25) is 5.91 Å². The molecule has 2 aromatic rings. The van der Waals surface area contributed by atoms with Crippen LogP contribution in [0.1, 0.15) is 95.0 Å². The quantitative estimate of drug-likeness (QED) is 0.256. The Balaban J connectivity index is 2.52. The van der Waals surface area contributed by atoms with E-state index in [2.05, 4.69) is 17.6 Å². The van der Waals surface area contributed by atoms with Crippen molar-refractivity contribution in [3.63, 3.8) is 0 Å². The van der Waals surface area contributed by atoms with Crippen LogP contribution in [-0.2, 0) is 14.3 Å². The highest BCUT2D eigenvalue weighted by atomic mass is 35.5. The molecular formula is C32H46ClN3O4. The maximum Gasteiger partial charge on any atom is 0.408 e. The number of nitrogens with one attached hydrogen (secondary N) is 2. The van der Waals surface area contributed by atoms with Gasteiger partial charge in [-0.25, -0.2) is 4.79 Å². The molecule has 2 aromatic carbocycles. The molecule has 0 aliphatic heterocycles. The van der Waals surface area contributed by atoms with E-state index in [1.807, 2.05) is 51.1 Å². The van der Waals surface area contributed by atoms with Gasteiger partial charge in [0, 0.05) is 6.54 Å². The number of nitrogens with zero attached hydrogens (tertiary/aromatic N) is 1. The summed E-state index contributed by atoms with van der Waals surface area (Å²) < 4.78 is 5.38. The second kappa shape index (κ2) is 15.1. The van der Waals surface area contributed by atoms with Crippen molar-refractivity contribution < 1.29 is 19.1 Å². The van der Waals surface area contributed by atoms with Gasteiger partial charge in [-0.3, -0.25) is 9.59 Å². The summed E-state index contributed by atoms with van der Waals surface area (Å²) in [6, 6.07) is 9.46. The number of carbonyl (C=O) groups is 3. The molecule has 40 heavy (non-hydrogen) atoms. The monoisotopic (exact) mass is 571 g/mol. The highest BCUT2D eigenvalue weighted by Crippen LogP contribution is 2.31. The Morgan fingerprint density at radius 2 is 1.65 bits per heavy atom. The van der Waals surface area contributed by atoms with E-state index in [4.69, 9.17) is 16.3 Å². The van der Waals surface area contributed by atoms with E-state index in [9.17, 15) is 14.4 Å². The van der Waals surface area contributed by atoms with Gasteiger partial charge in [-0.1, -0.05) is 80.1 Å². The number of anilines is 1. The highest BCUT2D eigenvalue weighted by Gasteiger charge is 2.35. The average Bonchev–Trinajstić information content (AvgIpc) is 2.85. The lowest BCUT2D eigenvalue weighted by atomic mass is 9.95. The number of amides is 3. The Morgan fingerprint density at radius 1 is 0.975 bits per heavy atom. The summed E-state index contributed by atoms with van der Waals surface area (Å²) in [6.45, 7) is 15.2. The number of carbonyl (C=O) groups excluding carboxylic acids is 3. The van der Waals surface area contributed by atoms with Crippen LogP contribution in [0.3, 0.4) is 0 Å². The van der Waals surface area contributed by atoms with E-state index in [0.29, 0.717) is 17.3 Å². The average molecular weight is 572 g/mol. The zero-order valence-corrected chi connectivity index (χ0v) is 26.1. The van der Waals surface area contributed by atoms with E-state index < -0.39 is 23.8 Å². The number of aryl methyl sites for hydroxylation is 3. The van der Waals surface area contributed by atoms with Gasteiger partial charge in [0.15, 0.2) is 0 Å². The van der Waals surface area contributed by atoms with Crippen molar-refractivity contribution in [1.82, 2.24) is 10.2 Å². The topological polar surface area (TPSA) is 87.7 Å². The minimum absolute atomic E-state index is 0.357. The third-order valence-corrected chi connectivity index (χ3v) is 6.96. The number of ether oxygens (including phenoxy) is 1. The number of rotatable bonds is 12. The molecule has 0 fully saturated rings. The smallest absolute Gasteiger partial charge is 0.408 e. The van der Waals surface area contributed by atoms with Crippen LogP contribution in [0.25, 0.3) is 0 Å². The van der Waals surface area contributed by atoms with Gasteiger partial charge in [0.1, 0.15) is 17.7 Å². The fraction of sp³-hybridized carbons (Fsp3) is 0.531. The number of alkyl carbamates (subject to hydrolysis) is 1. The molecule has 2 N–H and O–H groups in total. The summed E-state index contributed by atoms with van der Waals surface area (Å²) in [6.07, 6.45) is 4.22. The largest absolute Gasteiger partial charge is 0.444 e. The number of hydrogen-bond donors (Lipinski definition) is 2. The highest BCUT2D eigenvalue weighted by molar-refractivity contribution is 6.34. The normalized spacial score (nSPS) is 12.8. The third kappa shape index (κ3) is 9.84. The Hall–Kier alpha value is -3.06.